The number of alkyl halides is 1. The Morgan fingerprint density at radius 1 is 1.18 bits per heavy atom. The van der Waals surface area contributed by atoms with Gasteiger partial charge in [0.2, 0.25) is 0 Å². The quantitative estimate of drug-likeness (QED) is 0.634. The van der Waals surface area contributed by atoms with Gasteiger partial charge in [-0.3, -0.25) is 0 Å². The Morgan fingerprint density at radius 2 is 1.73 bits per heavy atom. The first kappa shape index (κ1) is 8.72. The van der Waals surface area contributed by atoms with Crippen LogP contribution in [0.2, 0.25) is 0 Å². The van der Waals surface area contributed by atoms with E-state index in [4.69, 9.17) is 0 Å². The second kappa shape index (κ2) is 3.35. The van der Waals surface area contributed by atoms with Crippen LogP contribution in [0.25, 0.3) is 0 Å². The van der Waals surface area contributed by atoms with Gasteiger partial charge >= 0.3 is 0 Å². The van der Waals surface area contributed by atoms with Gasteiger partial charge in [-0.1, -0.05) is 13.8 Å². The van der Waals surface area contributed by atoms with Gasteiger partial charge in [-0.05, 0) is 25.0 Å². The van der Waals surface area contributed by atoms with Crippen LogP contribution in [0.5, 0.6) is 0 Å². The zero-order valence-corrected chi connectivity index (χ0v) is 7.91. The van der Waals surface area contributed by atoms with Crippen LogP contribution in [0, 0.1) is 0 Å². The first-order valence-corrected chi connectivity index (χ1v) is 4.66. The molecular weight excluding hydrogens is 159 g/mol. The SMILES string of the molecule is CC(C)c1ccc(C(C)F)s1. The summed E-state index contributed by atoms with van der Waals surface area (Å²) in [5, 5.41) is 0. The molecule has 0 nitrogen and oxygen atoms in total. The van der Waals surface area contributed by atoms with Crippen molar-refractivity contribution in [2.45, 2.75) is 32.9 Å². The Labute approximate surface area is 71.1 Å². The van der Waals surface area contributed by atoms with E-state index in [0.717, 1.165) is 4.88 Å². The number of thiophene rings is 1. The lowest BCUT2D eigenvalue weighted by molar-refractivity contribution is 0.380. The summed E-state index contributed by atoms with van der Waals surface area (Å²) in [6.45, 7) is 5.83. The summed E-state index contributed by atoms with van der Waals surface area (Å²) in [5.41, 5.74) is 0. The molecule has 2 heteroatoms. The van der Waals surface area contributed by atoms with Crippen molar-refractivity contribution >= 4 is 11.3 Å². The molecule has 0 aliphatic rings. The van der Waals surface area contributed by atoms with Crippen LogP contribution >= 0.6 is 11.3 Å². The lowest BCUT2D eigenvalue weighted by Gasteiger charge is -1.98. The first-order valence-electron chi connectivity index (χ1n) is 3.85. The Balaban J connectivity index is 2.82. The summed E-state index contributed by atoms with van der Waals surface area (Å²) in [5.74, 6) is 0.521. The van der Waals surface area contributed by atoms with Gasteiger partial charge in [0.05, 0.1) is 0 Å². The molecule has 1 aromatic rings. The van der Waals surface area contributed by atoms with Crippen LogP contribution in [0.1, 0.15) is 42.6 Å². The van der Waals surface area contributed by atoms with Crippen molar-refractivity contribution in [1.29, 1.82) is 0 Å². The van der Waals surface area contributed by atoms with Crippen molar-refractivity contribution in [2.75, 3.05) is 0 Å². The maximum atomic E-state index is 12.7. The zero-order chi connectivity index (χ0) is 8.43. The standard InChI is InChI=1S/C9H13FS/c1-6(2)8-4-5-9(11-8)7(3)10/h4-7H,1-3H3. The summed E-state index contributed by atoms with van der Waals surface area (Å²) in [6.07, 6.45) is -0.813. The van der Waals surface area contributed by atoms with Gasteiger partial charge in [-0.25, -0.2) is 4.39 Å². The van der Waals surface area contributed by atoms with E-state index in [1.54, 1.807) is 18.3 Å². The summed E-state index contributed by atoms with van der Waals surface area (Å²) in [6, 6.07) is 3.89. The predicted octanol–water partition coefficient (Wildman–Crippen LogP) is 3.90. The molecule has 11 heavy (non-hydrogen) atoms. The van der Waals surface area contributed by atoms with Gasteiger partial charge in [0, 0.05) is 9.75 Å². The Morgan fingerprint density at radius 3 is 2.00 bits per heavy atom. The van der Waals surface area contributed by atoms with Crippen molar-refractivity contribution in [3.8, 4) is 0 Å². The average Bonchev–Trinajstić information content (AvgIpc) is 2.33. The molecule has 0 aliphatic heterocycles. The van der Waals surface area contributed by atoms with Crippen LogP contribution < -0.4 is 0 Å². The highest BCUT2D eigenvalue weighted by molar-refractivity contribution is 7.12. The first-order chi connectivity index (χ1) is 5.11. The summed E-state index contributed by atoms with van der Waals surface area (Å²) < 4.78 is 12.7. The lowest BCUT2D eigenvalue weighted by atomic mass is 10.2. The van der Waals surface area contributed by atoms with Gasteiger partial charge in [0.25, 0.3) is 0 Å². The van der Waals surface area contributed by atoms with Gasteiger partial charge in [0.1, 0.15) is 6.17 Å². The van der Waals surface area contributed by atoms with Crippen LogP contribution in [-0.2, 0) is 0 Å². The van der Waals surface area contributed by atoms with E-state index in [1.165, 1.54) is 4.88 Å². The molecule has 1 atom stereocenters. The number of halogens is 1. The lowest BCUT2D eigenvalue weighted by Crippen LogP contribution is -1.78. The van der Waals surface area contributed by atoms with Crippen molar-refractivity contribution in [3.63, 3.8) is 0 Å². The van der Waals surface area contributed by atoms with E-state index in [-0.39, 0.29) is 0 Å². The van der Waals surface area contributed by atoms with Gasteiger partial charge in [-0.2, -0.15) is 0 Å². The molecular formula is C9H13FS. The third-order valence-corrected chi connectivity index (χ3v) is 3.15. The van der Waals surface area contributed by atoms with Gasteiger partial charge < -0.3 is 0 Å². The minimum Gasteiger partial charge on any atom is -0.242 e. The smallest absolute Gasteiger partial charge is 0.131 e. The minimum absolute atomic E-state index is 0.521. The molecule has 1 heterocycles. The maximum absolute atomic E-state index is 12.7. The highest BCUT2D eigenvalue weighted by atomic mass is 32.1. The molecule has 0 saturated carbocycles. The highest BCUT2D eigenvalue weighted by Crippen LogP contribution is 2.29. The Bertz CT molecular complexity index is 203. The van der Waals surface area contributed by atoms with Crippen LogP contribution in [0.15, 0.2) is 12.1 Å². The number of hydrogen-bond donors (Lipinski definition) is 0. The van der Waals surface area contributed by atoms with Crippen molar-refractivity contribution in [2.24, 2.45) is 0 Å². The van der Waals surface area contributed by atoms with Crippen molar-refractivity contribution < 1.29 is 4.39 Å². The predicted molar refractivity (Wildman–Crippen MR) is 47.9 cm³/mol. The summed E-state index contributed by atoms with van der Waals surface area (Å²) >= 11 is 1.57. The monoisotopic (exact) mass is 172 g/mol. The second-order valence-electron chi connectivity index (χ2n) is 3.01. The molecule has 0 amide bonds. The van der Waals surface area contributed by atoms with E-state index < -0.39 is 6.17 Å². The maximum Gasteiger partial charge on any atom is 0.131 e. The summed E-state index contributed by atoms with van der Waals surface area (Å²) in [4.78, 5) is 2.11. The fourth-order valence-electron chi connectivity index (χ4n) is 0.892. The second-order valence-corrected chi connectivity index (χ2v) is 4.16. The largest absolute Gasteiger partial charge is 0.242 e. The van der Waals surface area contributed by atoms with E-state index >= 15 is 0 Å². The molecule has 0 spiro atoms. The molecule has 62 valence electrons. The third kappa shape index (κ3) is 2.03. The minimum atomic E-state index is -0.813. The van der Waals surface area contributed by atoms with Crippen LogP contribution in [0.4, 0.5) is 4.39 Å². The van der Waals surface area contributed by atoms with Gasteiger partial charge in [-0.15, -0.1) is 11.3 Å². The van der Waals surface area contributed by atoms with Gasteiger partial charge in [0.15, 0.2) is 0 Å². The van der Waals surface area contributed by atoms with Crippen molar-refractivity contribution in [1.82, 2.24) is 0 Å². The normalized spacial score (nSPS) is 13.9. The molecule has 1 aromatic heterocycles. The molecule has 0 radical (unpaired) electrons. The van der Waals surface area contributed by atoms with E-state index in [9.17, 15) is 4.39 Å². The molecule has 1 unspecified atom stereocenters. The van der Waals surface area contributed by atoms with Crippen molar-refractivity contribution in [3.05, 3.63) is 21.9 Å². The Kier molecular flexibility index (Phi) is 2.66. The van der Waals surface area contributed by atoms with E-state index in [1.807, 2.05) is 12.1 Å². The number of rotatable bonds is 2. The Hall–Kier alpha value is -0.370. The van der Waals surface area contributed by atoms with E-state index in [0.29, 0.717) is 5.92 Å². The third-order valence-electron chi connectivity index (χ3n) is 1.61. The molecule has 0 saturated heterocycles. The topological polar surface area (TPSA) is 0 Å². The fraction of sp³-hybridized carbons (Fsp3) is 0.556. The van der Waals surface area contributed by atoms with E-state index in [2.05, 4.69) is 13.8 Å². The van der Waals surface area contributed by atoms with Crippen LogP contribution in [-0.4, -0.2) is 0 Å². The molecule has 0 bridgehead atoms. The molecule has 0 aromatic carbocycles. The summed E-state index contributed by atoms with van der Waals surface area (Å²) in [7, 11) is 0. The van der Waals surface area contributed by atoms with Crippen LogP contribution in [0.3, 0.4) is 0 Å². The molecule has 0 aliphatic carbocycles. The highest BCUT2D eigenvalue weighted by Gasteiger charge is 2.08. The fourth-order valence-corrected chi connectivity index (χ4v) is 1.83. The number of hydrogen-bond acceptors (Lipinski definition) is 1. The average molecular weight is 172 g/mol. The molecule has 0 N–H and O–H groups in total. The zero-order valence-electron chi connectivity index (χ0n) is 7.10. The molecule has 1 rings (SSSR count). The molecule has 0 fully saturated rings.